The van der Waals surface area contributed by atoms with Crippen LogP contribution in [0.2, 0.25) is 0 Å². The highest BCUT2D eigenvalue weighted by Crippen LogP contribution is 2.20. The summed E-state index contributed by atoms with van der Waals surface area (Å²) < 4.78 is 40.5. The number of nitro groups is 1. The van der Waals surface area contributed by atoms with E-state index in [2.05, 4.69) is 0 Å². The molecular weight excluding hydrogens is 385 g/mol. The molecule has 7 nitrogen and oxygen atoms in total. The number of nitro benzene ring substituents is 1. The van der Waals surface area contributed by atoms with Gasteiger partial charge in [-0.25, -0.2) is 12.8 Å². The van der Waals surface area contributed by atoms with Crippen molar-refractivity contribution in [3.8, 4) is 0 Å². The van der Waals surface area contributed by atoms with Crippen LogP contribution < -0.4 is 17.3 Å². The van der Waals surface area contributed by atoms with Crippen LogP contribution in [-0.4, -0.2) is 43.8 Å². The average Bonchev–Trinajstić information content (AvgIpc) is 2.62. The molecule has 0 atom stereocenters. The number of sulfonamides is 1. The molecule has 0 spiro atoms. The van der Waals surface area contributed by atoms with Crippen LogP contribution in [0.4, 0.5) is 15.8 Å². The number of hydrogen-bond acceptors (Lipinski definition) is 4. The Balaban J connectivity index is 0.00000243. The lowest BCUT2D eigenvalue weighted by Crippen LogP contribution is -3.10. The highest BCUT2D eigenvalue weighted by Gasteiger charge is 2.32. The van der Waals surface area contributed by atoms with Gasteiger partial charge in [0.05, 0.1) is 36.0 Å². The lowest BCUT2D eigenvalue weighted by Gasteiger charge is -2.31. The number of benzene rings is 2. The van der Waals surface area contributed by atoms with Gasteiger partial charge in [-0.15, -0.1) is 0 Å². The molecule has 0 aromatic heterocycles. The van der Waals surface area contributed by atoms with Gasteiger partial charge in [-0.3, -0.25) is 15.0 Å². The van der Waals surface area contributed by atoms with E-state index >= 15 is 0 Å². The van der Waals surface area contributed by atoms with Crippen LogP contribution in [0.1, 0.15) is 0 Å². The summed E-state index contributed by atoms with van der Waals surface area (Å²) in [6, 6.07) is 11.3. The van der Waals surface area contributed by atoms with E-state index in [-0.39, 0.29) is 41.9 Å². The molecule has 0 aliphatic carbocycles. The predicted molar refractivity (Wildman–Crippen MR) is 88.6 cm³/mol. The summed E-state index contributed by atoms with van der Waals surface area (Å²) >= 11 is 0. The molecule has 0 radical (unpaired) electrons. The van der Waals surface area contributed by atoms with Gasteiger partial charge in [0, 0.05) is 18.2 Å². The van der Waals surface area contributed by atoms with Crippen LogP contribution in [0.5, 0.6) is 0 Å². The van der Waals surface area contributed by atoms with Crippen LogP contribution in [0.25, 0.3) is 0 Å². The van der Waals surface area contributed by atoms with E-state index in [1.165, 1.54) is 34.6 Å². The third kappa shape index (κ3) is 4.01. The highest BCUT2D eigenvalue weighted by molar-refractivity contribution is 7.89. The van der Waals surface area contributed by atoms with Crippen molar-refractivity contribution in [2.24, 2.45) is 0 Å². The van der Waals surface area contributed by atoms with Crippen LogP contribution in [0.15, 0.2) is 53.4 Å². The number of rotatable bonds is 4. The van der Waals surface area contributed by atoms with Gasteiger partial charge in [-0.05, 0) is 18.2 Å². The summed E-state index contributed by atoms with van der Waals surface area (Å²) in [5, 5.41) is 10.7. The maximum atomic E-state index is 13.9. The minimum absolute atomic E-state index is 0. The maximum Gasteiger partial charge on any atom is 0.269 e. The summed E-state index contributed by atoms with van der Waals surface area (Å²) in [5.74, 6) is -0.302. The first kappa shape index (κ1) is 20.2. The van der Waals surface area contributed by atoms with Crippen molar-refractivity contribution in [2.45, 2.75) is 4.90 Å². The summed E-state index contributed by atoms with van der Waals surface area (Å²) in [6.07, 6.45) is 0. The standard InChI is InChI=1S/C16H16FN3O4S.ClH/c17-15-3-1-2-4-16(15)18-9-11-19(12-10-18)25(23,24)14-7-5-13(6-8-14)20(21)22;/h1-8H,9-12H2;1H. The molecule has 1 N–H and O–H groups in total. The Morgan fingerprint density at radius 2 is 1.62 bits per heavy atom. The van der Waals surface area contributed by atoms with E-state index in [0.29, 0.717) is 18.8 Å². The molecule has 1 saturated heterocycles. The number of non-ortho nitro benzene ring substituents is 1. The summed E-state index contributed by atoms with van der Waals surface area (Å²) in [5.41, 5.74) is 0.377. The van der Waals surface area contributed by atoms with E-state index in [0.717, 1.165) is 4.90 Å². The molecule has 3 rings (SSSR count). The first-order valence-electron chi connectivity index (χ1n) is 7.74. The maximum absolute atomic E-state index is 13.9. The summed E-state index contributed by atoms with van der Waals surface area (Å²) in [7, 11) is -3.72. The Hall–Kier alpha value is -2.07. The molecule has 26 heavy (non-hydrogen) atoms. The van der Waals surface area contributed by atoms with Gasteiger partial charge in [0.2, 0.25) is 10.0 Å². The molecule has 10 heteroatoms. The number of hydrogen-bond donors (Lipinski definition) is 1. The second kappa shape index (κ2) is 8.09. The van der Waals surface area contributed by atoms with Crippen molar-refractivity contribution >= 4 is 21.4 Å². The Labute approximate surface area is 156 Å². The molecule has 0 amide bonds. The third-order valence-corrected chi connectivity index (χ3v) is 6.18. The molecule has 0 unspecified atom stereocenters. The van der Waals surface area contributed by atoms with Gasteiger partial charge in [0.25, 0.3) is 5.69 Å². The minimum atomic E-state index is -3.72. The van der Waals surface area contributed by atoms with Gasteiger partial charge in [0.15, 0.2) is 11.5 Å². The van der Waals surface area contributed by atoms with Crippen LogP contribution in [-0.2, 0) is 10.0 Å². The Morgan fingerprint density at radius 1 is 1.04 bits per heavy atom. The van der Waals surface area contributed by atoms with E-state index in [1.54, 1.807) is 18.2 Å². The van der Waals surface area contributed by atoms with E-state index < -0.39 is 14.9 Å². The highest BCUT2D eigenvalue weighted by atomic mass is 35.5. The molecule has 1 heterocycles. The van der Waals surface area contributed by atoms with Gasteiger partial charge < -0.3 is 12.4 Å². The second-order valence-electron chi connectivity index (χ2n) is 5.74. The summed E-state index contributed by atoms with van der Waals surface area (Å²) in [4.78, 5) is 11.0. The quantitative estimate of drug-likeness (QED) is 0.472. The van der Waals surface area contributed by atoms with E-state index in [9.17, 15) is 22.9 Å². The molecule has 0 saturated carbocycles. The first-order chi connectivity index (χ1) is 11.9. The summed E-state index contributed by atoms with van der Waals surface area (Å²) in [6.45, 7) is 1.41. The molecule has 1 aliphatic heterocycles. The number of para-hydroxylation sites is 1. The van der Waals surface area contributed by atoms with Gasteiger partial charge in [-0.1, -0.05) is 12.1 Å². The number of nitrogens with zero attached hydrogens (tertiary/aromatic N) is 2. The van der Waals surface area contributed by atoms with Crippen LogP contribution >= 0.6 is 0 Å². The molecule has 1 fully saturated rings. The van der Waals surface area contributed by atoms with E-state index in [1.807, 2.05) is 0 Å². The van der Waals surface area contributed by atoms with Gasteiger partial charge in [-0.2, -0.15) is 4.31 Å². The van der Waals surface area contributed by atoms with Gasteiger partial charge in [0.1, 0.15) is 0 Å². The molecular formula is C16H17ClFN3O4S. The molecule has 2 aromatic rings. The van der Waals surface area contributed by atoms with Crippen molar-refractivity contribution < 1.29 is 35.0 Å². The molecule has 0 bridgehead atoms. The van der Waals surface area contributed by atoms with Crippen LogP contribution in [0, 0.1) is 15.9 Å². The van der Waals surface area contributed by atoms with Gasteiger partial charge >= 0.3 is 0 Å². The molecule has 140 valence electrons. The zero-order valence-electron chi connectivity index (χ0n) is 13.6. The Morgan fingerprint density at radius 3 is 2.15 bits per heavy atom. The Bertz CT molecular complexity index is 885. The fourth-order valence-corrected chi connectivity index (χ4v) is 4.34. The van der Waals surface area contributed by atoms with E-state index in [4.69, 9.17) is 0 Å². The lowest BCUT2D eigenvalue weighted by molar-refractivity contribution is -0.838. The van der Waals surface area contributed by atoms with Crippen molar-refractivity contribution in [1.82, 2.24) is 4.31 Å². The minimum Gasteiger partial charge on any atom is -1.00 e. The normalized spacial score (nSPS) is 16.0. The fraction of sp³-hybridized carbons (Fsp3) is 0.250. The van der Waals surface area contributed by atoms with Crippen molar-refractivity contribution in [3.63, 3.8) is 0 Å². The van der Waals surface area contributed by atoms with Crippen molar-refractivity contribution in [1.29, 1.82) is 0 Å². The fourth-order valence-electron chi connectivity index (χ4n) is 2.90. The predicted octanol–water partition coefficient (Wildman–Crippen LogP) is -2.04. The number of nitrogens with one attached hydrogen (secondary N) is 1. The monoisotopic (exact) mass is 401 g/mol. The van der Waals surface area contributed by atoms with Crippen LogP contribution in [0.3, 0.4) is 0 Å². The third-order valence-electron chi connectivity index (χ3n) is 4.27. The SMILES string of the molecule is O=[N+]([O-])c1ccc(S(=O)(=O)N2CC[NH+](c3ccccc3F)CC2)cc1.[Cl-]. The second-order valence-corrected chi connectivity index (χ2v) is 7.68. The lowest BCUT2D eigenvalue weighted by atomic mass is 10.2. The first-order valence-corrected chi connectivity index (χ1v) is 9.18. The number of piperazine rings is 1. The average molecular weight is 402 g/mol. The smallest absolute Gasteiger partial charge is 0.269 e. The largest absolute Gasteiger partial charge is 1.00 e. The topological polar surface area (TPSA) is 85.0 Å². The number of halogens is 2. The Kier molecular flexibility index (Phi) is 6.30. The number of quaternary nitrogens is 1. The molecule has 1 aliphatic rings. The zero-order valence-corrected chi connectivity index (χ0v) is 15.2. The molecule has 2 aromatic carbocycles. The zero-order chi connectivity index (χ0) is 18.0. The van der Waals surface area contributed by atoms with Crippen molar-refractivity contribution in [2.75, 3.05) is 26.2 Å². The van der Waals surface area contributed by atoms with Crippen molar-refractivity contribution in [3.05, 3.63) is 64.5 Å².